The fourth-order valence-electron chi connectivity index (χ4n) is 5.45. The zero-order valence-electron chi connectivity index (χ0n) is 20.9. The van der Waals surface area contributed by atoms with Gasteiger partial charge >= 0.3 is 6.09 Å². The van der Waals surface area contributed by atoms with Crippen molar-refractivity contribution in [2.75, 3.05) is 20.2 Å². The Kier molecular flexibility index (Phi) is 9.94. The molecule has 188 valence electrons. The number of amides is 2. The normalized spacial score (nSPS) is 24.3. The second-order valence-electron chi connectivity index (χ2n) is 10.8. The molecular weight excluding hydrogens is 438 g/mol. The van der Waals surface area contributed by atoms with Crippen LogP contribution in [-0.4, -0.2) is 60.0 Å². The van der Waals surface area contributed by atoms with E-state index < -0.39 is 12.1 Å². The van der Waals surface area contributed by atoms with Gasteiger partial charge in [-0.15, -0.1) is 0 Å². The average Bonchev–Trinajstić information content (AvgIpc) is 3.24. The van der Waals surface area contributed by atoms with Crippen LogP contribution in [0.4, 0.5) is 4.79 Å². The van der Waals surface area contributed by atoms with E-state index in [4.69, 9.17) is 28.1 Å². The lowest BCUT2D eigenvalue weighted by molar-refractivity contribution is -0.124. The highest BCUT2D eigenvalue weighted by Crippen LogP contribution is 2.33. The van der Waals surface area contributed by atoms with E-state index in [1.54, 1.807) is 0 Å². The summed E-state index contributed by atoms with van der Waals surface area (Å²) in [5, 5.41) is 13.7. The number of ether oxygens (including phenoxy) is 1. The zero-order chi connectivity index (χ0) is 24.8. The van der Waals surface area contributed by atoms with E-state index in [1.165, 1.54) is 7.11 Å². The van der Waals surface area contributed by atoms with E-state index in [0.29, 0.717) is 29.9 Å². The SMILES string of the molecule is COC(=O)N[C@H](C(=S)N1CCC[C@H]1C(=O)NCC1CCC(C(=N)N)CC1)C(C)(C)CC(C)C. The quantitative estimate of drug-likeness (QED) is 0.227. The molecule has 33 heavy (non-hydrogen) atoms. The predicted molar refractivity (Wildman–Crippen MR) is 135 cm³/mol. The van der Waals surface area contributed by atoms with Crippen LogP contribution in [0.2, 0.25) is 0 Å². The molecule has 2 fully saturated rings. The van der Waals surface area contributed by atoms with Gasteiger partial charge in [0.05, 0.1) is 19.0 Å². The number of carbonyl (C=O) groups excluding carboxylic acids is 2. The molecule has 9 heteroatoms. The van der Waals surface area contributed by atoms with Crippen LogP contribution in [0.3, 0.4) is 0 Å². The molecule has 0 spiro atoms. The molecule has 1 saturated carbocycles. The number of likely N-dealkylation sites (tertiary alicyclic amines) is 1. The van der Waals surface area contributed by atoms with Crippen molar-refractivity contribution in [2.45, 2.75) is 84.7 Å². The second kappa shape index (κ2) is 12.0. The molecule has 0 unspecified atom stereocenters. The minimum Gasteiger partial charge on any atom is -0.453 e. The van der Waals surface area contributed by atoms with Crippen LogP contribution in [0.5, 0.6) is 0 Å². The van der Waals surface area contributed by atoms with Crippen molar-refractivity contribution in [2.24, 2.45) is 28.9 Å². The van der Waals surface area contributed by atoms with Gasteiger partial charge in [0, 0.05) is 19.0 Å². The number of nitrogens with two attached hydrogens (primary N) is 1. The van der Waals surface area contributed by atoms with Gasteiger partial charge in [0.25, 0.3) is 0 Å². The maximum atomic E-state index is 13.1. The molecule has 0 aromatic rings. The van der Waals surface area contributed by atoms with E-state index in [9.17, 15) is 9.59 Å². The first-order valence-electron chi connectivity index (χ1n) is 12.2. The molecule has 5 N–H and O–H groups in total. The van der Waals surface area contributed by atoms with Gasteiger partial charge in [-0.25, -0.2) is 4.79 Å². The number of rotatable bonds is 9. The van der Waals surface area contributed by atoms with Crippen LogP contribution in [0, 0.1) is 28.6 Å². The number of nitrogens with zero attached hydrogens (tertiary/aromatic N) is 1. The molecule has 1 heterocycles. The highest BCUT2D eigenvalue weighted by atomic mass is 32.1. The summed E-state index contributed by atoms with van der Waals surface area (Å²) < 4.78 is 4.87. The highest BCUT2D eigenvalue weighted by Gasteiger charge is 2.41. The summed E-state index contributed by atoms with van der Waals surface area (Å²) in [6, 6.07) is -0.722. The van der Waals surface area contributed by atoms with Gasteiger partial charge in [-0.2, -0.15) is 0 Å². The van der Waals surface area contributed by atoms with Crippen LogP contribution in [0.1, 0.15) is 72.6 Å². The third-order valence-corrected chi connectivity index (χ3v) is 7.57. The zero-order valence-corrected chi connectivity index (χ0v) is 21.7. The summed E-state index contributed by atoms with van der Waals surface area (Å²) in [5.41, 5.74) is 5.35. The van der Waals surface area contributed by atoms with Crippen LogP contribution >= 0.6 is 12.2 Å². The second-order valence-corrected chi connectivity index (χ2v) is 11.2. The largest absolute Gasteiger partial charge is 0.453 e. The molecule has 1 aliphatic heterocycles. The first kappa shape index (κ1) is 27.3. The highest BCUT2D eigenvalue weighted by molar-refractivity contribution is 7.80. The number of hydrogen-bond acceptors (Lipinski definition) is 5. The molecule has 2 aliphatic rings. The fourth-order valence-corrected chi connectivity index (χ4v) is 6.04. The summed E-state index contributed by atoms with van der Waals surface area (Å²) in [4.78, 5) is 27.8. The van der Waals surface area contributed by atoms with E-state index in [2.05, 4.69) is 38.3 Å². The van der Waals surface area contributed by atoms with E-state index in [0.717, 1.165) is 44.9 Å². The van der Waals surface area contributed by atoms with Gasteiger partial charge in [-0.3, -0.25) is 10.2 Å². The van der Waals surface area contributed by atoms with E-state index in [1.807, 2.05) is 4.90 Å². The van der Waals surface area contributed by atoms with E-state index in [-0.39, 0.29) is 29.1 Å². The van der Waals surface area contributed by atoms with Crippen LogP contribution in [0.15, 0.2) is 0 Å². The Bertz CT molecular complexity index is 719. The molecule has 1 saturated heterocycles. The van der Waals surface area contributed by atoms with Gasteiger partial charge in [-0.1, -0.05) is 39.9 Å². The van der Waals surface area contributed by atoms with Crippen molar-refractivity contribution in [3.8, 4) is 0 Å². The van der Waals surface area contributed by atoms with Crippen molar-refractivity contribution in [1.29, 1.82) is 5.41 Å². The smallest absolute Gasteiger partial charge is 0.407 e. The Morgan fingerprint density at radius 1 is 1.21 bits per heavy atom. The summed E-state index contributed by atoms with van der Waals surface area (Å²) in [5.74, 6) is 1.32. The molecule has 0 aromatic carbocycles. The third kappa shape index (κ3) is 7.55. The lowest BCUT2D eigenvalue weighted by atomic mass is 9.77. The monoisotopic (exact) mass is 481 g/mol. The maximum absolute atomic E-state index is 13.1. The molecule has 8 nitrogen and oxygen atoms in total. The Morgan fingerprint density at radius 2 is 1.85 bits per heavy atom. The Hall–Kier alpha value is -1.90. The summed E-state index contributed by atoms with van der Waals surface area (Å²) in [7, 11) is 1.35. The molecule has 1 aliphatic carbocycles. The minimum absolute atomic E-state index is 0.00188. The molecular formula is C24H43N5O3S. The third-order valence-electron chi connectivity index (χ3n) is 7.10. The van der Waals surface area contributed by atoms with Crippen molar-refractivity contribution >= 4 is 35.0 Å². The van der Waals surface area contributed by atoms with Gasteiger partial charge < -0.3 is 26.0 Å². The number of hydrogen-bond donors (Lipinski definition) is 4. The lowest BCUT2D eigenvalue weighted by Crippen LogP contribution is -2.58. The first-order valence-corrected chi connectivity index (χ1v) is 12.6. The van der Waals surface area contributed by atoms with Crippen LogP contribution < -0.4 is 16.4 Å². The summed E-state index contributed by atoms with van der Waals surface area (Å²) >= 11 is 5.89. The molecule has 2 atom stereocenters. The lowest BCUT2D eigenvalue weighted by Gasteiger charge is -2.40. The molecule has 2 amide bonds. The molecule has 2 rings (SSSR count). The maximum Gasteiger partial charge on any atom is 0.407 e. The predicted octanol–water partition coefficient (Wildman–Crippen LogP) is 3.43. The fraction of sp³-hybridized carbons (Fsp3) is 0.833. The Labute approximate surface area is 204 Å². The van der Waals surface area contributed by atoms with Gasteiger partial charge in [0.2, 0.25) is 5.91 Å². The van der Waals surface area contributed by atoms with Crippen LogP contribution in [0.25, 0.3) is 0 Å². The van der Waals surface area contributed by atoms with Gasteiger partial charge in [0.1, 0.15) is 11.0 Å². The molecule has 0 bridgehead atoms. The Balaban J connectivity index is 2.03. The van der Waals surface area contributed by atoms with Crippen LogP contribution in [-0.2, 0) is 9.53 Å². The molecule has 0 aromatic heterocycles. The van der Waals surface area contributed by atoms with Crippen molar-refractivity contribution in [3.63, 3.8) is 0 Å². The van der Waals surface area contributed by atoms with Gasteiger partial charge in [-0.05, 0) is 62.2 Å². The standard InChI is InChI=1S/C24H43N5O3S/c1-15(2)13-24(3,4)19(28-23(31)32-5)22(33)29-12-6-7-18(29)21(30)27-14-16-8-10-17(11-9-16)20(25)26/h15-19H,6-14H2,1-5H3,(H3,25,26)(H,27,30)(H,28,31)/t16?,17?,18-,19+/m0/s1. The van der Waals surface area contributed by atoms with Crippen molar-refractivity contribution in [3.05, 3.63) is 0 Å². The summed E-state index contributed by atoms with van der Waals surface area (Å²) in [6.07, 6.45) is 5.78. The topological polar surface area (TPSA) is 121 Å². The number of amidine groups is 1. The van der Waals surface area contributed by atoms with E-state index >= 15 is 0 Å². The molecule has 0 radical (unpaired) electrons. The minimum atomic E-state index is -0.513. The van der Waals surface area contributed by atoms with Crippen molar-refractivity contribution < 1.29 is 14.3 Å². The number of methoxy groups -OCH3 is 1. The van der Waals surface area contributed by atoms with Gasteiger partial charge in [0.15, 0.2) is 0 Å². The number of thiocarbonyl (C=S) groups is 1. The number of nitrogens with one attached hydrogen (secondary N) is 3. The number of alkyl carbamates (subject to hydrolysis) is 1. The number of carbonyl (C=O) groups is 2. The van der Waals surface area contributed by atoms with Crippen molar-refractivity contribution in [1.82, 2.24) is 15.5 Å². The Morgan fingerprint density at radius 3 is 2.39 bits per heavy atom. The summed E-state index contributed by atoms with van der Waals surface area (Å²) in [6.45, 7) is 9.85. The first-order chi connectivity index (χ1) is 15.5. The average molecular weight is 482 g/mol.